The van der Waals surface area contributed by atoms with Crippen LogP contribution in [-0.2, 0) is 4.74 Å². The monoisotopic (exact) mass is 369 g/mol. The van der Waals surface area contributed by atoms with Crippen LogP contribution in [0.15, 0.2) is 60.7 Å². The number of ether oxygens (including phenoxy) is 1. The van der Waals surface area contributed by atoms with Crippen molar-refractivity contribution in [2.75, 3.05) is 12.7 Å². The topological polar surface area (TPSA) is 29.5 Å². The van der Waals surface area contributed by atoms with Crippen molar-refractivity contribution in [3.05, 3.63) is 60.7 Å². The van der Waals surface area contributed by atoms with Gasteiger partial charge in [0.05, 0.1) is 0 Å². The quantitative estimate of drug-likeness (QED) is 0.742. The van der Waals surface area contributed by atoms with Crippen LogP contribution in [0.4, 0.5) is 4.79 Å². The highest BCUT2D eigenvalue weighted by molar-refractivity contribution is 7.73. The van der Waals surface area contributed by atoms with Crippen LogP contribution in [0.3, 0.4) is 0 Å². The third-order valence-electron chi connectivity index (χ3n) is 4.53. The maximum Gasteiger partial charge on any atom is 0.410 e. The smallest absolute Gasteiger partial charge is 0.410 e. The van der Waals surface area contributed by atoms with Gasteiger partial charge in [0.15, 0.2) is 0 Å². The van der Waals surface area contributed by atoms with Crippen LogP contribution in [0, 0.1) is 0 Å². The summed E-state index contributed by atoms with van der Waals surface area (Å²) >= 11 is 0. The molecule has 0 radical (unpaired) electrons. The average Bonchev–Trinajstić information content (AvgIpc) is 3.08. The van der Waals surface area contributed by atoms with Gasteiger partial charge in [0, 0.05) is 12.6 Å². The maximum absolute atomic E-state index is 12.6. The molecule has 1 atom stereocenters. The molecule has 2 aromatic rings. The van der Waals surface area contributed by atoms with E-state index in [1.54, 1.807) is 0 Å². The number of carbonyl (C=O) groups is 1. The Balaban J connectivity index is 1.81. The maximum atomic E-state index is 12.6. The van der Waals surface area contributed by atoms with Gasteiger partial charge in [0.25, 0.3) is 0 Å². The number of hydrogen-bond acceptors (Lipinski definition) is 2. The van der Waals surface area contributed by atoms with E-state index in [4.69, 9.17) is 4.74 Å². The van der Waals surface area contributed by atoms with Gasteiger partial charge < -0.3 is 9.64 Å². The fourth-order valence-corrected chi connectivity index (χ4v) is 5.96. The van der Waals surface area contributed by atoms with Crippen LogP contribution in [0.5, 0.6) is 0 Å². The van der Waals surface area contributed by atoms with E-state index in [9.17, 15) is 4.79 Å². The zero-order chi connectivity index (χ0) is 18.6. The Labute approximate surface area is 158 Å². The minimum absolute atomic E-state index is 0.170. The molecule has 0 bridgehead atoms. The first-order valence-electron chi connectivity index (χ1n) is 9.31. The molecule has 1 aliphatic heterocycles. The summed E-state index contributed by atoms with van der Waals surface area (Å²) in [4.78, 5) is 14.6. The molecule has 0 N–H and O–H groups in total. The lowest BCUT2D eigenvalue weighted by Crippen LogP contribution is -2.41. The molecule has 1 fully saturated rings. The average molecular weight is 369 g/mol. The molecule has 1 amide bonds. The molecule has 1 heterocycles. The van der Waals surface area contributed by atoms with E-state index in [0.717, 1.165) is 25.5 Å². The van der Waals surface area contributed by atoms with Crippen molar-refractivity contribution in [2.45, 2.75) is 45.3 Å². The van der Waals surface area contributed by atoms with Gasteiger partial charge in [-0.3, -0.25) is 0 Å². The predicted octanol–water partition coefficient (Wildman–Crippen LogP) is 4.52. The van der Waals surface area contributed by atoms with Gasteiger partial charge in [0.2, 0.25) is 0 Å². The molecule has 1 saturated heterocycles. The van der Waals surface area contributed by atoms with Gasteiger partial charge in [0.1, 0.15) is 5.60 Å². The van der Waals surface area contributed by atoms with E-state index in [0.29, 0.717) is 0 Å². The summed E-state index contributed by atoms with van der Waals surface area (Å²) in [5, 5.41) is 2.73. The van der Waals surface area contributed by atoms with Crippen LogP contribution < -0.4 is 10.6 Å². The molecule has 0 spiro atoms. The summed E-state index contributed by atoms with van der Waals surface area (Å²) in [6, 6.07) is 21.6. The Kier molecular flexibility index (Phi) is 5.98. The molecular weight excluding hydrogens is 341 g/mol. The Morgan fingerprint density at radius 1 is 1.04 bits per heavy atom. The first kappa shape index (κ1) is 18.9. The SMILES string of the molecule is CC(C)(C)OC(=O)N1CCC[C@@H]1CP(c1ccccc1)c1ccccc1. The lowest BCUT2D eigenvalue weighted by Gasteiger charge is -2.31. The summed E-state index contributed by atoms with van der Waals surface area (Å²) in [5.41, 5.74) is -0.451. The largest absolute Gasteiger partial charge is 0.444 e. The third-order valence-corrected chi connectivity index (χ3v) is 7.16. The second kappa shape index (κ2) is 8.22. The van der Waals surface area contributed by atoms with E-state index in [-0.39, 0.29) is 12.1 Å². The standard InChI is InChI=1S/C22H28NO2P/c1-22(2,3)25-21(24)23-16-10-11-18(23)17-26(19-12-6-4-7-13-19)20-14-8-5-9-15-20/h4-9,12-15,18H,10-11,16-17H2,1-3H3/t18-/m1/s1. The minimum Gasteiger partial charge on any atom is -0.444 e. The van der Waals surface area contributed by atoms with Gasteiger partial charge in [-0.15, -0.1) is 0 Å². The Morgan fingerprint density at radius 3 is 2.08 bits per heavy atom. The van der Waals surface area contributed by atoms with Crippen molar-refractivity contribution in [1.29, 1.82) is 0 Å². The highest BCUT2D eigenvalue weighted by Gasteiger charge is 2.34. The van der Waals surface area contributed by atoms with Crippen LogP contribution in [0.2, 0.25) is 0 Å². The van der Waals surface area contributed by atoms with Crippen LogP contribution in [-0.4, -0.2) is 35.3 Å². The molecule has 0 aliphatic carbocycles. The molecule has 3 nitrogen and oxygen atoms in total. The van der Waals surface area contributed by atoms with E-state index in [1.807, 2.05) is 25.7 Å². The third kappa shape index (κ3) is 4.86. The van der Waals surface area contributed by atoms with Gasteiger partial charge in [-0.05, 0) is 58.3 Å². The molecule has 1 aliphatic rings. The summed E-state index contributed by atoms with van der Waals surface area (Å²) < 4.78 is 5.64. The fraction of sp³-hybridized carbons (Fsp3) is 0.409. The van der Waals surface area contributed by atoms with Crippen molar-refractivity contribution in [2.24, 2.45) is 0 Å². The highest BCUT2D eigenvalue weighted by atomic mass is 31.1. The van der Waals surface area contributed by atoms with Gasteiger partial charge in [-0.1, -0.05) is 60.7 Å². The lowest BCUT2D eigenvalue weighted by atomic mass is 10.2. The van der Waals surface area contributed by atoms with E-state index >= 15 is 0 Å². The van der Waals surface area contributed by atoms with Crippen LogP contribution in [0.1, 0.15) is 33.6 Å². The fourth-order valence-electron chi connectivity index (χ4n) is 3.37. The summed E-state index contributed by atoms with van der Waals surface area (Å²) in [6.07, 6.45) is 2.92. The van der Waals surface area contributed by atoms with E-state index in [1.165, 1.54) is 10.6 Å². The van der Waals surface area contributed by atoms with Crippen molar-refractivity contribution >= 4 is 24.6 Å². The number of amides is 1. The number of hydrogen-bond donors (Lipinski definition) is 0. The first-order chi connectivity index (χ1) is 12.4. The number of carbonyl (C=O) groups excluding carboxylic acids is 1. The molecule has 138 valence electrons. The summed E-state index contributed by atoms with van der Waals surface area (Å²) in [5.74, 6) is 0. The number of benzene rings is 2. The van der Waals surface area contributed by atoms with Crippen molar-refractivity contribution < 1.29 is 9.53 Å². The molecule has 26 heavy (non-hydrogen) atoms. The molecule has 0 aromatic heterocycles. The minimum atomic E-state index is -0.496. The Morgan fingerprint density at radius 2 is 1.58 bits per heavy atom. The van der Waals surface area contributed by atoms with E-state index in [2.05, 4.69) is 60.7 Å². The Bertz CT molecular complexity index is 672. The van der Waals surface area contributed by atoms with E-state index < -0.39 is 13.5 Å². The lowest BCUT2D eigenvalue weighted by molar-refractivity contribution is 0.0241. The first-order valence-corrected chi connectivity index (χ1v) is 10.8. The zero-order valence-corrected chi connectivity index (χ0v) is 16.8. The summed E-state index contributed by atoms with van der Waals surface area (Å²) in [7, 11) is -0.496. The predicted molar refractivity (Wildman–Crippen MR) is 110 cm³/mol. The van der Waals surface area contributed by atoms with Gasteiger partial charge >= 0.3 is 6.09 Å². The second-order valence-corrected chi connectivity index (χ2v) is 10.0. The molecular formula is C22H28NO2P. The van der Waals surface area contributed by atoms with Crippen molar-refractivity contribution in [3.63, 3.8) is 0 Å². The summed E-state index contributed by atoms with van der Waals surface area (Å²) in [6.45, 7) is 6.58. The number of likely N-dealkylation sites (tertiary alicyclic amines) is 1. The molecule has 4 heteroatoms. The molecule has 3 rings (SSSR count). The number of rotatable bonds is 4. The second-order valence-electron chi connectivity index (χ2n) is 7.75. The van der Waals surface area contributed by atoms with Crippen LogP contribution >= 0.6 is 7.92 Å². The molecule has 0 unspecified atom stereocenters. The van der Waals surface area contributed by atoms with Gasteiger partial charge in [-0.25, -0.2) is 4.79 Å². The molecule has 0 saturated carbocycles. The molecule has 2 aromatic carbocycles. The van der Waals surface area contributed by atoms with Crippen molar-refractivity contribution in [3.8, 4) is 0 Å². The normalized spacial score (nSPS) is 17.5. The highest BCUT2D eigenvalue weighted by Crippen LogP contribution is 2.38. The Hall–Kier alpha value is -1.86. The van der Waals surface area contributed by atoms with Crippen molar-refractivity contribution in [1.82, 2.24) is 4.90 Å². The van der Waals surface area contributed by atoms with Crippen LogP contribution in [0.25, 0.3) is 0 Å². The number of nitrogens with zero attached hydrogens (tertiary/aromatic N) is 1. The van der Waals surface area contributed by atoms with Gasteiger partial charge in [-0.2, -0.15) is 0 Å². The zero-order valence-electron chi connectivity index (χ0n) is 15.9.